The third-order valence-electron chi connectivity index (χ3n) is 1.87. The number of H-pyrrole nitrogens is 1. The summed E-state index contributed by atoms with van der Waals surface area (Å²) in [5.41, 5.74) is -0.190. The highest BCUT2D eigenvalue weighted by atomic mass is 79.9. The van der Waals surface area contributed by atoms with E-state index < -0.39 is 0 Å². The first-order valence-electron chi connectivity index (χ1n) is 4.92. The van der Waals surface area contributed by atoms with Crippen molar-refractivity contribution in [1.82, 2.24) is 15.3 Å². The topological polar surface area (TPSA) is 79.0 Å². The highest BCUT2D eigenvalue weighted by molar-refractivity contribution is 9.10. The van der Waals surface area contributed by atoms with Gasteiger partial charge in [0.15, 0.2) is 0 Å². The van der Waals surface area contributed by atoms with Crippen molar-refractivity contribution in [3.63, 3.8) is 0 Å². The molecule has 0 spiro atoms. The van der Waals surface area contributed by atoms with E-state index in [9.17, 15) is 4.79 Å². The molecule has 16 heavy (non-hydrogen) atoms. The lowest BCUT2D eigenvalue weighted by molar-refractivity contribution is 0.200. The number of hydrogen-bond donors (Lipinski definition) is 3. The van der Waals surface area contributed by atoms with Crippen LogP contribution in [0, 0.1) is 0 Å². The van der Waals surface area contributed by atoms with E-state index in [2.05, 4.69) is 36.5 Å². The van der Waals surface area contributed by atoms with E-state index in [4.69, 9.17) is 4.74 Å². The van der Waals surface area contributed by atoms with Crippen LogP contribution in [0.5, 0.6) is 0 Å². The van der Waals surface area contributed by atoms with Gasteiger partial charge in [0.1, 0.15) is 10.3 Å². The number of rotatable bonds is 7. The second-order valence-electron chi connectivity index (χ2n) is 3.06. The molecule has 6 nitrogen and oxygen atoms in total. The molecule has 0 amide bonds. The zero-order valence-corrected chi connectivity index (χ0v) is 10.6. The molecule has 0 atom stereocenters. The van der Waals surface area contributed by atoms with Gasteiger partial charge < -0.3 is 20.4 Å². The molecule has 1 rings (SSSR count). The maximum Gasteiger partial charge on any atom is 0.267 e. The third-order valence-corrected chi connectivity index (χ3v) is 2.61. The molecule has 0 aromatic carbocycles. The molecule has 1 heterocycles. The number of nitrogens with zero attached hydrogens (tertiary/aromatic N) is 1. The summed E-state index contributed by atoms with van der Waals surface area (Å²) >= 11 is 3.17. The average Bonchev–Trinajstić information content (AvgIpc) is 2.29. The molecule has 1 aromatic heterocycles. The Morgan fingerprint density at radius 3 is 3.06 bits per heavy atom. The number of anilines is 1. The minimum atomic E-state index is -0.190. The number of nitrogens with one attached hydrogen (secondary N) is 3. The number of methoxy groups -OCH3 is 1. The maximum atomic E-state index is 11.2. The van der Waals surface area contributed by atoms with Crippen LogP contribution in [0.1, 0.15) is 0 Å². The predicted octanol–water partition coefficient (Wildman–Crippen LogP) is 0.180. The van der Waals surface area contributed by atoms with Crippen LogP contribution in [-0.2, 0) is 4.74 Å². The van der Waals surface area contributed by atoms with Crippen LogP contribution in [0.4, 0.5) is 5.82 Å². The lowest BCUT2D eigenvalue weighted by atomic mass is 10.5. The van der Waals surface area contributed by atoms with Crippen molar-refractivity contribution in [1.29, 1.82) is 0 Å². The van der Waals surface area contributed by atoms with Crippen molar-refractivity contribution >= 4 is 21.7 Å². The normalized spacial score (nSPS) is 10.4. The van der Waals surface area contributed by atoms with Crippen molar-refractivity contribution in [2.45, 2.75) is 0 Å². The molecule has 0 unspecified atom stereocenters. The fourth-order valence-electron chi connectivity index (χ4n) is 1.07. The first kappa shape index (κ1) is 13.1. The van der Waals surface area contributed by atoms with E-state index in [1.807, 2.05) is 0 Å². The molecule has 0 radical (unpaired) electrons. The minimum absolute atomic E-state index is 0.190. The number of aromatic nitrogens is 2. The van der Waals surface area contributed by atoms with Gasteiger partial charge in [-0.05, 0) is 15.9 Å². The van der Waals surface area contributed by atoms with E-state index in [1.165, 1.54) is 6.33 Å². The Balaban J connectivity index is 2.27. The lowest BCUT2D eigenvalue weighted by Crippen LogP contribution is -2.26. The molecule has 0 bridgehead atoms. The second-order valence-corrected chi connectivity index (χ2v) is 3.86. The molecule has 0 fully saturated rings. The standard InChI is InChI=1S/C9H15BrN4O2/c1-16-5-4-11-2-3-12-8-7(10)9(15)14-6-13-8/h6,11H,2-5H2,1H3,(H2,12,13,14,15). The monoisotopic (exact) mass is 290 g/mol. The molecule has 0 aliphatic rings. The maximum absolute atomic E-state index is 11.2. The number of ether oxygens (including phenoxy) is 1. The number of aromatic amines is 1. The molecular weight excluding hydrogens is 276 g/mol. The zero-order valence-electron chi connectivity index (χ0n) is 9.05. The highest BCUT2D eigenvalue weighted by Gasteiger charge is 2.03. The Morgan fingerprint density at radius 2 is 2.31 bits per heavy atom. The predicted molar refractivity (Wildman–Crippen MR) is 65.8 cm³/mol. The summed E-state index contributed by atoms with van der Waals surface area (Å²) in [6.07, 6.45) is 1.37. The van der Waals surface area contributed by atoms with E-state index in [1.54, 1.807) is 7.11 Å². The Morgan fingerprint density at radius 1 is 1.50 bits per heavy atom. The molecule has 3 N–H and O–H groups in total. The summed E-state index contributed by atoms with van der Waals surface area (Å²) in [6.45, 7) is 2.97. The molecular formula is C9H15BrN4O2. The van der Waals surface area contributed by atoms with Crippen LogP contribution in [0.25, 0.3) is 0 Å². The largest absolute Gasteiger partial charge is 0.383 e. The Hall–Kier alpha value is -0.920. The molecule has 0 saturated carbocycles. The van der Waals surface area contributed by atoms with Gasteiger partial charge in [-0.2, -0.15) is 0 Å². The summed E-state index contributed by atoms with van der Waals surface area (Å²) < 4.78 is 5.32. The van der Waals surface area contributed by atoms with Crippen molar-refractivity contribution in [3.05, 3.63) is 21.2 Å². The van der Waals surface area contributed by atoms with Gasteiger partial charge in [0.25, 0.3) is 5.56 Å². The van der Waals surface area contributed by atoms with E-state index >= 15 is 0 Å². The number of hydrogen-bond acceptors (Lipinski definition) is 5. The summed E-state index contributed by atoms with van der Waals surface area (Å²) in [4.78, 5) is 17.7. The second kappa shape index (κ2) is 7.37. The van der Waals surface area contributed by atoms with E-state index in [0.717, 1.165) is 13.1 Å². The molecule has 0 aliphatic heterocycles. The van der Waals surface area contributed by atoms with Gasteiger partial charge in [-0.3, -0.25) is 4.79 Å². The summed E-state index contributed by atoms with van der Waals surface area (Å²) in [5, 5.41) is 6.22. The zero-order chi connectivity index (χ0) is 11.8. The Bertz CT molecular complexity index is 369. The van der Waals surface area contributed by atoms with Crippen molar-refractivity contribution in [2.75, 3.05) is 38.7 Å². The van der Waals surface area contributed by atoms with Crippen LogP contribution in [0.3, 0.4) is 0 Å². The molecule has 0 aliphatic carbocycles. The van der Waals surface area contributed by atoms with Gasteiger partial charge in [-0.25, -0.2) is 4.98 Å². The van der Waals surface area contributed by atoms with Crippen LogP contribution < -0.4 is 16.2 Å². The molecule has 90 valence electrons. The Labute approximate surface area is 102 Å². The van der Waals surface area contributed by atoms with Gasteiger partial charge in [0.2, 0.25) is 0 Å². The average molecular weight is 291 g/mol. The molecule has 1 aromatic rings. The Kier molecular flexibility index (Phi) is 6.05. The highest BCUT2D eigenvalue weighted by Crippen LogP contribution is 2.11. The molecule has 0 saturated heterocycles. The first-order valence-corrected chi connectivity index (χ1v) is 5.71. The fourth-order valence-corrected chi connectivity index (χ4v) is 1.43. The van der Waals surface area contributed by atoms with Crippen LogP contribution in [-0.4, -0.2) is 43.3 Å². The quantitative estimate of drug-likeness (QED) is 0.625. The van der Waals surface area contributed by atoms with Gasteiger partial charge in [-0.1, -0.05) is 0 Å². The molecule has 7 heteroatoms. The van der Waals surface area contributed by atoms with Crippen LogP contribution in [0.15, 0.2) is 15.6 Å². The van der Waals surface area contributed by atoms with E-state index in [0.29, 0.717) is 23.4 Å². The first-order chi connectivity index (χ1) is 7.75. The summed E-state index contributed by atoms with van der Waals surface area (Å²) in [5.74, 6) is 0.553. The van der Waals surface area contributed by atoms with Crippen LogP contribution in [0.2, 0.25) is 0 Å². The van der Waals surface area contributed by atoms with Gasteiger partial charge in [0, 0.05) is 26.7 Å². The van der Waals surface area contributed by atoms with Crippen molar-refractivity contribution < 1.29 is 4.74 Å². The number of halogens is 1. The summed E-state index contributed by atoms with van der Waals surface area (Å²) in [6, 6.07) is 0. The summed E-state index contributed by atoms with van der Waals surface area (Å²) in [7, 11) is 1.66. The lowest BCUT2D eigenvalue weighted by Gasteiger charge is -2.07. The van der Waals surface area contributed by atoms with Gasteiger partial charge in [-0.15, -0.1) is 0 Å². The van der Waals surface area contributed by atoms with Crippen molar-refractivity contribution in [2.24, 2.45) is 0 Å². The SMILES string of the molecule is COCCNCCNc1nc[nH]c(=O)c1Br. The minimum Gasteiger partial charge on any atom is -0.383 e. The van der Waals surface area contributed by atoms with E-state index in [-0.39, 0.29) is 5.56 Å². The van der Waals surface area contributed by atoms with Gasteiger partial charge >= 0.3 is 0 Å². The third kappa shape index (κ3) is 4.30. The van der Waals surface area contributed by atoms with Gasteiger partial charge in [0.05, 0.1) is 12.9 Å². The fraction of sp³-hybridized carbons (Fsp3) is 0.556. The van der Waals surface area contributed by atoms with Crippen LogP contribution >= 0.6 is 15.9 Å². The smallest absolute Gasteiger partial charge is 0.267 e. The van der Waals surface area contributed by atoms with Crippen molar-refractivity contribution in [3.8, 4) is 0 Å².